The predicted octanol–water partition coefficient (Wildman–Crippen LogP) is 3.34. The van der Waals surface area contributed by atoms with Crippen LogP contribution in [-0.2, 0) is 6.42 Å². The molecule has 0 N–H and O–H groups in total. The first kappa shape index (κ1) is 14.0. The summed E-state index contributed by atoms with van der Waals surface area (Å²) in [4.78, 5) is 14.0. The molecule has 0 saturated heterocycles. The van der Waals surface area contributed by atoms with Crippen LogP contribution in [0.4, 0.5) is 0 Å². The van der Waals surface area contributed by atoms with Crippen molar-refractivity contribution >= 4 is 17.5 Å². The highest BCUT2D eigenvalue weighted by molar-refractivity contribution is 6.18. The topological polar surface area (TPSA) is 20.3 Å². The molecule has 0 atom stereocenters. The van der Waals surface area contributed by atoms with Crippen molar-refractivity contribution in [3.63, 3.8) is 0 Å². The van der Waals surface area contributed by atoms with Gasteiger partial charge in [0.15, 0.2) is 0 Å². The molecule has 94 valence electrons. The highest BCUT2D eigenvalue weighted by atomic mass is 35.5. The first-order chi connectivity index (χ1) is 8.22. The van der Waals surface area contributed by atoms with Crippen LogP contribution in [0, 0.1) is 0 Å². The van der Waals surface area contributed by atoms with Crippen LogP contribution in [0.15, 0.2) is 24.3 Å². The van der Waals surface area contributed by atoms with Crippen molar-refractivity contribution < 1.29 is 4.79 Å². The molecular formula is C14H20ClNO. The number of halogens is 1. The molecule has 0 heterocycles. The van der Waals surface area contributed by atoms with E-state index < -0.39 is 0 Å². The SMILES string of the molecule is CCCN(CCCl)C(=O)c1ccc(CC)cc1. The van der Waals surface area contributed by atoms with Gasteiger partial charge in [-0.2, -0.15) is 0 Å². The highest BCUT2D eigenvalue weighted by Crippen LogP contribution is 2.09. The van der Waals surface area contributed by atoms with Gasteiger partial charge in [-0.05, 0) is 30.5 Å². The van der Waals surface area contributed by atoms with Crippen LogP contribution in [0.25, 0.3) is 0 Å². The van der Waals surface area contributed by atoms with Crippen LogP contribution in [0.5, 0.6) is 0 Å². The minimum Gasteiger partial charge on any atom is -0.337 e. The van der Waals surface area contributed by atoms with E-state index in [-0.39, 0.29) is 5.91 Å². The van der Waals surface area contributed by atoms with Gasteiger partial charge in [-0.25, -0.2) is 0 Å². The Kier molecular flexibility index (Phi) is 6.06. The number of hydrogen-bond acceptors (Lipinski definition) is 1. The Balaban J connectivity index is 2.77. The Labute approximate surface area is 109 Å². The summed E-state index contributed by atoms with van der Waals surface area (Å²) in [7, 11) is 0. The van der Waals surface area contributed by atoms with Crippen molar-refractivity contribution in [3.05, 3.63) is 35.4 Å². The molecule has 0 bridgehead atoms. The molecule has 17 heavy (non-hydrogen) atoms. The van der Waals surface area contributed by atoms with Gasteiger partial charge in [0.2, 0.25) is 0 Å². The lowest BCUT2D eigenvalue weighted by molar-refractivity contribution is 0.0765. The Morgan fingerprint density at radius 1 is 1.18 bits per heavy atom. The number of alkyl halides is 1. The molecule has 1 rings (SSSR count). The molecule has 1 amide bonds. The zero-order valence-electron chi connectivity index (χ0n) is 10.6. The molecule has 0 fully saturated rings. The van der Waals surface area contributed by atoms with Gasteiger partial charge in [-0.3, -0.25) is 4.79 Å². The average Bonchev–Trinajstić information content (AvgIpc) is 2.38. The largest absolute Gasteiger partial charge is 0.337 e. The van der Waals surface area contributed by atoms with Gasteiger partial charge >= 0.3 is 0 Å². The summed E-state index contributed by atoms with van der Waals surface area (Å²) >= 11 is 5.72. The van der Waals surface area contributed by atoms with Gasteiger partial charge in [0.25, 0.3) is 5.91 Å². The number of aryl methyl sites for hydroxylation is 1. The predicted molar refractivity (Wildman–Crippen MR) is 72.7 cm³/mol. The molecule has 0 saturated carbocycles. The molecular weight excluding hydrogens is 234 g/mol. The van der Waals surface area contributed by atoms with Gasteiger partial charge in [0.1, 0.15) is 0 Å². The van der Waals surface area contributed by atoms with Crippen LogP contribution in [0.2, 0.25) is 0 Å². The van der Waals surface area contributed by atoms with Crippen molar-refractivity contribution in [2.24, 2.45) is 0 Å². The maximum Gasteiger partial charge on any atom is 0.253 e. The van der Waals surface area contributed by atoms with E-state index in [1.165, 1.54) is 5.56 Å². The monoisotopic (exact) mass is 253 g/mol. The van der Waals surface area contributed by atoms with Crippen LogP contribution >= 0.6 is 11.6 Å². The average molecular weight is 254 g/mol. The number of carbonyl (C=O) groups excluding carboxylic acids is 1. The summed E-state index contributed by atoms with van der Waals surface area (Å²) in [5.41, 5.74) is 2.00. The Bertz CT molecular complexity index is 342. The second-order valence-electron chi connectivity index (χ2n) is 4.03. The molecule has 0 aliphatic rings. The smallest absolute Gasteiger partial charge is 0.253 e. The van der Waals surface area contributed by atoms with E-state index in [1.54, 1.807) is 0 Å². The molecule has 0 aromatic heterocycles. The molecule has 0 radical (unpaired) electrons. The summed E-state index contributed by atoms with van der Waals surface area (Å²) in [5.74, 6) is 0.564. The van der Waals surface area contributed by atoms with E-state index in [0.717, 1.165) is 24.9 Å². The lowest BCUT2D eigenvalue weighted by Gasteiger charge is -2.21. The molecule has 3 heteroatoms. The Hall–Kier alpha value is -1.02. The number of amides is 1. The number of rotatable bonds is 6. The zero-order chi connectivity index (χ0) is 12.7. The van der Waals surface area contributed by atoms with Crippen molar-refractivity contribution in [1.29, 1.82) is 0 Å². The van der Waals surface area contributed by atoms with E-state index in [2.05, 4.69) is 13.8 Å². The minimum absolute atomic E-state index is 0.0788. The van der Waals surface area contributed by atoms with E-state index in [9.17, 15) is 4.79 Å². The van der Waals surface area contributed by atoms with Crippen molar-refractivity contribution in [3.8, 4) is 0 Å². The maximum atomic E-state index is 12.2. The maximum absolute atomic E-state index is 12.2. The first-order valence-electron chi connectivity index (χ1n) is 6.17. The molecule has 2 nitrogen and oxygen atoms in total. The summed E-state index contributed by atoms with van der Waals surface area (Å²) in [6, 6.07) is 7.83. The minimum atomic E-state index is 0.0788. The number of benzene rings is 1. The lowest BCUT2D eigenvalue weighted by Crippen LogP contribution is -2.33. The second-order valence-corrected chi connectivity index (χ2v) is 4.41. The second kappa shape index (κ2) is 7.33. The third-order valence-electron chi connectivity index (χ3n) is 2.74. The van der Waals surface area contributed by atoms with E-state index in [4.69, 9.17) is 11.6 Å². The van der Waals surface area contributed by atoms with Crippen molar-refractivity contribution in [1.82, 2.24) is 4.90 Å². The molecule has 1 aromatic carbocycles. The summed E-state index contributed by atoms with van der Waals surface area (Å²) in [6.45, 7) is 5.55. The van der Waals surface area contributed by atoms with Gasteiger partial charge in [-0.1, -0.05) is 26.0 Å². The van der Waals surface area contributed by atoms with E-state index in [1.807, 2.05) is 29.2 Å². The van der Waals surface area contributed by atoms with Crippen LogP contribution in [-0.4, -0.2) is 29.8 Å². The third-order valence-corrected chi connectivity index (χ3v) is 2.91. The fourth-order valence-electron chi connectivity index (χ4n) is 1.75. The molecule has 0 aliphatic heterocycles. The van der Waals surface area contributed by atoms with Gasteiger partial charge in [-0.15, -0.1) is 11.6 Å². The molecule has 0 spiro atoms. The van der Waals surface area contributed by atoms with E-state index >= 15 is 0 Å². The Morgan fingerprint density at radius 3 is 2.29 bits per heavy atom. The van der Waals surface area contributed by atoms with Crippen molar-refractivity contribution in [2.45, 2.75) is 26.7 Å². The molecule has 0 unspecified atom stereocenters. The van der Waals surface area contributed by atoms with Crippen LogP contribution in [0.3, 0.4) is 0 Å². The fourth-order valence-corrected chi connectivity index (χ4v) is 1.96. The molecule has 1 aromatic rings. The number of hydrogen-bond donors (Lipinski definition) is 0. The molecule has 0 aliphatic carbocycles. The number of nitrogens with zero attached hydrogens (tertiary/aromatic N) is 1. The standard InChI is InChI=1S/C14H20ClNO/c1-3-10-16(11-9-15)14(17)13-7-5-12(4-2)6-8-13/h5-8H,3-4,9-11H2,1-2H3. The Morgan fingerprint density at radius 2 is 1.82 bits per heavy atom. The van der Waals surface area contributed by atoms with Gasteiger partial charge < -0.3 is 4.90 Å². The quantitative estimate of drug-likeness (QED) is 0.712. The summed E-state index contributed by atoms with van der Waals surface area (Å²) in [6.07, 6.45) is 1.95. The third kappa shape index (κ3) is 4.04. The summed E-state index contributed by atoms with van der Waals surface area (Å²) in [5, 5.41) is 0. The lowest BCUT2D eigenvalue weighted by atomic mass is 10.1. The summed E-state index contributed by atoms with van der Waals surface area (Å²) < 4.78 is 0. The normalized spacial score (nSPS) is 10.3. The fraction of sp³-hybridized carbons (Fsp3) is 0.500. The van der Waals surface area contributed by atoms with Gasteiger partial charge in [0, 0.05) is 24.5 Å². The zero-order valence-corrected chi connectivity index (χ0v) is 11.3. The highest BCUT2D eigenvalue weighted by Gasteiger charge is 2.13. The van der Waals surface area contributed by atoms with Gasteiger partial charge in [0.05, 0.1) is 0 Å². The number of carbonyl (C=O) groups is 1. The van der Waals surface area contributed by atoms with E-state index in [0.29, 0.717) is 12.4 Å². The first-order valence-corrected chi connectivity index (χ1v) is 6.70. The van der Waals surface area contributed by atoms with Crippen LogP contribution in [0.1, 0.15) is 36.2 Å². The van der Waals surface area contributed by atoms with Crippen LogP contribution < -0.4 is 0 Å². The van der Waals surface area contributed by atoms with Crippen molar-refractivity contribution in [2.75, 3.05) is 19.0 Å².